The molecule has 0 fully saturated rings. The van der Waals surface area contributed by atoms with Gasteiger partial charge in [0.05, 0.1) is 5.69 Å². The summed E-state index contributed by atoms with van der Waals surface area (Å²) in [6.07, 6.45) is 0. The number of rotatable bonds is 11. The lowest BCUT2D eigenvalue weighted by atomic mass is 10.1. The second kappa shape index (κ2) is 12.3. The van der Waals surface area contributed by atoms with Gasteiger partial charge in [0.25, 0.3) is 0 Å². The van der Waals surface area contributed by atoms with E-state index < -0.39 is 34.5 Å². The molecule has 2 rings (SSSR count). The second-order valence-electron chi connectivity index (χ2n) is 8.74. The summed E-state index contributed by atoms with van der Waals surface area (Å²) in [5, 5.41) is 3.34. The van der Waals surface area contributed by atoms with Crippen LogP contribution in [0.2, 0.25) is 5.02 Å². The Balaban J connectivity index is 2.41. The Morgan fingerprint density at radius 2 is 1.57 bits per heavy atom. The van der Waals surface area contributed by atoms with Gasteiger partial charge in [-0.15, -0.1) is 0 Å². The summed E-state index contributed by atoms with van der Waals surface area (Å²) in [4.78, 5) is 27.7. The second-order valence-corrected chi connectivity index (χ2v) is 11.2. The van der Waals surface area contributed by atoms with Crippen LogP contribution in [-0.4, -0.2) is 62.7 Å². The van der Waals surface area contributed by atoms with E-state index in [-0.39, 0.29) is 24.1 Å². The monoisotopic (exact) mass is 526 g/mol. The van der Waals surface area contributed by atoms with E-state index in [0.29, 0.717) is 11.6 Å². The molecule has 0 aliphatic heterocycles. The summed E-state index contributed by atoms with van der Waals surface area (Å²) in [6.45, 7) is 5.41. The van der Waals surface area contributed by atoms with Crippen molar-refractivity contribution in [2.45, 2.75) is 33.4 Å². The van der Waals surface area contributed by atoms with E-state index in [1.54, 1.807) is 31.2 Å². The highest BCUT2D eigenvalue weighted by Crippen LogP contribution is 2.21. The Morgan fingerprint density at radius 3 is 2.09 bits per heavy atom. The fourth-order valence-electron chi connectivity index (χ4n) is 3.15. The van der Waals surface area contributed by atoms with Crippen molar-refractivity contribution in [3.8, 4) is 0 Å². The first-order valence-electron chi connectivity index (χ1n) is 11.1. The topological polar surface area (TPSA) is 90.0 Å². The highest BCUT2D eigenvalue weighted by atomic mass is 35.5. The first-order chi connectivity index (χ1) is 16.3. The summed E-state index contributed by atoms with van der Waals surface area (Å²) in [5.41, 5.74) is 0.840. The van der Waals surface area contributed by atoms with Crippen molar-refractivity contribution in [1.82, 2.24) is 14.5 Å². The van der Waals surface area contributed by atoms with Gasteiger partial charge in [0.2, 0.25) is 11.8 Å². The molecule has 0 saturated carbocycles. The molecule has 2 aromatic carbocycles. The van der Waals surface area contributed by atoms with Crippen LogP contribution in [0.4, 0.5) is 10.1 Å². The molecule has 11 heteroatoms. The number of carbonyl (C=O) groups is 2. The molecule has 0 unspecified atom stereocenters. The van der Waals surface area contributed by atoms with Crippen molar-refractivity contribution >= 4 is 39.3 Å². The van der Waals surface area contributed by atoms with Gasteiger partial charge in [-0.25, -0.2) is 8.70 Å². The maximum absolute atomic E-state index is 13.5. The third-order valence-electron chi connectivity index (χ3n) is 5.25. The molecule has 192 valence electrons. The number of amides is 2. The summed E-state index contributed by atoms with van der Waals surface area (Å²) < 4.78 is 41.4. The predicted molar refractivity (Wildman–Crippen MR) is 136 cm³/mol. The molecule has 0 saturated heterocycles. The first-order valence-corrected chi connectivity index (χ1v) is 12.9. The molecule has 0 aliphatic rings. The Labute approximate surface area is 211 Å². The van der Waals surface area contributed by atoms with Crippen molar-refractivity contribution in [2.75, 3.05) is 31.5 Å². The van der Waals surface area contributed by atoms with Gasteiger partial charge in [0, 0.05) is 32.2 Å². The molecule has 35 heavy (non-hydrogen) atoms. The third kappa shape index (κ3) is 7.91. The Hall–Kier alpha value is -2.69. The van der Waals surface area contributed by atoms with Gasteiger partial charge in [-0.05, 0) is 54.8 Å². The average Bonchev–Trinajstić information content (AvgIpc) is 2.80. The summed E-state index contributed by atoms with van der Waals surface area (Å²) >= 11 is 5.97. The summed E-state index contributed by atoms with van der Waals surface area (Å²) in [6, 6.07) is 10.7. The van der Waals surface area contributed by atoms with E-state index in [1.165, 1.54) is 31.1 Å². The molecular formula is C24H32ClFN4O4S. The molecule has 1 N–H and O–H groups in total. The smallest absolute Gasteiger partial charge is 0.304 e. The van der Waals surface area contributed by atoms with E-state index in [2.05, 4.69) is 5.32 Å². The molecule has 0 aromatic heterocycles. The molecule has 0 heterocycles. The van der Waals surface area contributed by atoms with Gasteiger partial charge in [0.15, 0.2) is 0 Å². The highest BCUT2D eigenvalue weighted by Gasteiger charge is 2.32. The lowest BCUT2D eigenvalue weighted by Gasteiger charge is -2.33. The number of hydrogen-bond donors (Lipinski definition) is 1. The standard InChI is InChI=1S/C24H32ClFN4O4S/c1-17(2)14-27-24(32)18(3)29(15-19-6-8-20(25)9-7-19)23(31)16-30(35(33,34)28(4)5)22-12-10-21(26)11-13-22/h6-13,17-18H,14-16H2,1-5H3,(H,27,32)/t18-/m1/s1. The van der Waals surface area contributed by atoms with Crippen LogP contribution in [0, 0.1) is 11.7 Å². The number of halogens is 2. The van der Waals surface area contributed by atoms with Crippen LogP contribution in [0.1, 0.15) is 26.3 Å². The van der Waals surface area contributed by atoms with Gasteiger partial charge in [0.1, 0.15) is 18.4 Å². The van der Waals surface area contributed by atoms with Crippen LogP contribution < -0.4 is 9.62 Å². The molecule has 0 spiro atoms. The van der Waals surface area contributed by atoms with E-state index in [4.69, 9.17) is 11.6 Å². The maximum atomic E-state index is 13.5. The molecule has 0 aliphatic carbocycles. The summed E-state index contributed by atoms with van der Waals surface area (Å²) in [7, 11) is -1.43. The fraction of sp³-hybridized carbons (Fsp3) is 0.417. The van der Waals surface area contributed by atoms with Crippen molar-refractivity contribution in [1.29, 1.82) is 0 Å². The number of carbonyl (C=O) groups excluding carboxylic acids is 2. The van der Waals surface area contributed by atoms with Crippen molar-refractivity contribution in [3.63, 3.8) is 0 Å². The molecule has 1 atom stereocenters. The fourth-order valence-corrected chi connectivity index (χ4v) is 4.33. The Morgan fingerprint density at radius 1 is 1.00 bits per heavy atom. The molecule has 0 bridgehead atoms. The number of nitrogens with zero attached hydrogens (tertiary/aromatic N) is 3. The number of hydrogen-bond acceptors (Lipinski definition) is 4. The zero-order valence-corrected chi connectivity index (χ0v) is 22.1. The van der Waals surface area contributed by atoms with Crippen LogP contribution >= 0.6 is 11.6 Å². The van der Waals surface area contributed by atoms with Gasteiger partial charge in [-0.2, -0.15) is 12.7 Å². The van der Waals surface area contributed by atoms with E-state index in [9.17, 15) is 22.4 Å². The summed E-state index contributed by atoms with van der Waals surface area (Å²) in [5.74, 6) is -1.28. The van der Waals surface area contributed by atoms with Crippen LogP contribution in [0.25, 0.3) is 0 Å². The minimum Gasteiger partial charge on any atom is -0.354 e. The SMILES string of the molecule is CC(C)CNC(=O)[C@@H](C)N(Cc1ccc(Cl)cc1)C(=O)CN(c1ccc(F)cc1)S(=O)(=O)N(C)C. The lowest BCUT2D eigenvalue weighted by Crippen LogP contribution is -2.52. The van der Waals surface area contributed by atoms with E-state index >= 15 is 0 Å². The van der Waals surface area contributed by atoms with Crippen LogP contribution in [-0.2, 0) is 26.3 Å². The van der Waals surface area contributed by atoms with Crippen LogP contribution in [0.5, 0.6) is 0 Å². The molecule has 2 amide bonds. The molecule has 0 radical (unpaired) electrons. The number of nitrogens with one attached hydrogen (secondary N) is 1. The van der Waals surface area contributed by atoms with Gasteiger partial charge in [-0.1, -0.05) is 37.6 Å². The van der Waals surface area contributed by atoms with Gasteiger partial charge >= 0.3 is 10.2 Å². The molecule has 8 nitrogen and oxygen atoms in total. The minimum absolute atomic E-state index is 0.0610. The number of benzene rings is 2. The van der Waals surface area contributed by atoms with Crippen LogP contribution in [0.3, 0.4) is 0 Å². The average molecular weight is 527 g/mol. The van der Waals surface area contributed by atoms with Crippen molar-refractivity contribution in [2.24, 2.45) is 5.92 Å². The first kappa shape index (κ1) is 28.5. The largest absolute Gasteiger partial charge is 0.354 e. The zero-order chi connectivity index (χ0) is 26.3. The van der Waals surface area contributed by atoms with Crippen molar-refractivity contribution in [3.05, 3.63) is 64.9 Å². The number of anilines is 1. The van der Waals surface area contributed by atoms with Crippen molar-refractivity contribution < 1.29 is 22.4 Å². The maximum Gasteiger partial charge on any atom is 0.304 e. The Bertz CT molecular complexity index is 1110. The van der Waals surface area contributed by atoms with Gasteiger partial charge in [-0.3, -0.25) is 9.59 Å². The molecule has 2 aromatic rings. The predicted octanol–water partition coefficient (Wildman–Crippen LogP) is 3.28. The lowest BCUT2D eigenvalue weighted by molar-refractivity contribution is -0.139. The highest BCUT2D eigenvalue weighted by molar-refractivity contribution is 7.90. The van der Waals surface area contributed by atoms with Gasteiger partial charge < -0.3 is 10.2 Å². The Kier molecular flexibility index (Phi) is 10.1. The normalized spacial score (nSPS) is 12.5. The zero-order valence-electron chi connectivity index (χ0n) is 20.5. The quantitative estimate of drug-likeness (QED) is 0.486. The van der Waals surface area contributed by atoms with E-state index in [1.807, 2.05) is 13.8 Å². The van der Waals surface area contributed by atoms with E-state index in [0.717, 1.165) is 26.3 Å². The minimum atomic E-state index is -4.10. The molecular weight excluding hydrogens is 495 g/mol. The van der Waals surface area contributed by atoms with Crippen LogP contribution in [0.15, 0.2) is 48.5 Å². The third-order valence-corrected chi connectivity index (χ3v) is 7.32.